The van der Waals surface area contributed by atoms with Gasteiger partial charge in [-0.2, -0.15) is 0 Å². The molecule has 3 rings (SSSR count). The Morgan fingerprint density at radius 1 is 0.727 bits per heavy atom. The Balaban J connectivity index is 2.95. The van der Waals surface area contributed by atoms with Crippen molar-refractivity contribution in [2.24, 2.45) is 0 Å². The van der Waals surface area contributed by atoms with E-state index in [1.54, 1.807) is 0 Å². The van der Waals surface area contributed by atoms with Crippen molar-refractivity contribution >= 4 is 12.5 Å². The maximum absolute atomic E-state index is 12.6. The van der Waals surface area contributed by atoms with Crippen LogP contribution >= 0.6 is 0 Å². The van der Waals surface area contributed by atoms with E-state index >= 15 is 0 Å². The summed E-state index contributed by atoms with van der Waals surface area (Å²) in [7, 11) is 0. The highest BCUT2D eigenvalue weighted by Crippen LogP contribution is 1.86. The Hall–Kier alpha value is -3.28. The van der Waals surface area contributed by atoms with Crippen molar-refractivity contribution in [2.45, 2.75) is 0 Å². The largest absolute Gasteiger partial charge is 0.515 e. The maximum atomic E-state index is 12.6. The van der Waals surface area contributed by atoms with Crippen molar-refractivity contribution in [1.82, 2.24) is 0 Å². The lowest BCUT2D eigenvalue weighted by Gasteiger charge is -1.97. The first-order chi connectivity index (χ1) is 10.5. The van der Waals surface area contributed by atoms with Crippen molar-refractivity contribution in [1.29, 1.82) is 10.8 Å². The molecule has 6 nitrogen and oxygen atoms in total. The fraction of sp³-hybridized carbons (Fsp3) is 0. The summed E-state index contributed by atoms with van der Waals surface area (Å²) in [5.41, 5.74) is -1.09. The SMILES string of the molecule is N=c1c(=CO)ccc2c(=O)c3c(=N)c(=CO)ccc=3c(=O)c1=2. The van der Waals surface area contributed by atoms with Crippen LogP contribution in [0.25, 0.3) is 12.5 Å². The molecule has 0 fully saturated rings. The van der Waals surface area contributed by atoms with Crippen LogP contribution in [0.3, 0.4) is 0 Å². The first kappa shape index (κ1) is 13.7. The van der Waals surface area contributed by atoms with Crippen molar-refractivity contribution < 1.29 is 10.2 Å². The molecule has 0 saturated carbocycles. The zero-order valence-electron chi connectivity index (χ0n) is 11.2. The molecular formula is C16H10N2O4. The third kappa shape index (κ3) is 1.61. The maximum Gasteiger partial charge on any atom is 0.196 e. The van der Waals surface area contributed by atoms with Crippen LogP contribution in [0.2, 0.25) is 0 Å². The molecule has 6 heteroatoms. The average molecular weight is 294 g/mol. The predicted octanol–water partition coefficient (Wildman–Crippen LogP) is -1.72. The van der Waals surface area contributed by atoms with Crippen LogP contribution in [0.4, 0.5) is 0 Å². The quantitative estimate of drug-likeness (QED) is 0.394. The molecule has 0 unspecified atom stereocenters. The molecule has 3 aliphatic rings. The highest BCUT2D eigenvalue weighted by molar-refractivity contribution is 5.27. The van der Waals surface area contributed by atoms with Crippen molar-refractivity contribution in [3.63, 3.8) is 0 Å². The van der Waals surface area contributed by atoms with Gasteiger partial charge < -0.3 is 10.2 Å². The Bertz CT molecular complexity index is 1260. The van der Waals surface area contributed by atoms with E-state index in [2.05, 4.69) is 0 Å². The highest BCUT2D eigenvalue weighted by Gasteiger charge is 2.08. The van der Waals surface area contributed by atoms with Crippen molar-refractivity contribution in [2.75, 3.05) is 0 Å². The van der Waals surface area contributed by atoms with Crippen LogP contribution in [-0.4, -0.2) is 10.2 Å². The molecule has 0 atom stereocenters. The minimum absolute atomic E-state index is 0.0247. The third-order valence-electron chi connectivity index (χ3n) is 3.70. The molecule has 0 aromatic carbocycles. The van der Waals surface area contributed by atoms with E-state index < -0.39 is 10.9 Å². The fourth-order valence-corrected chi connectivity index (χ4v) is 2.57. The van der Waals surface area contributed by atoms with Gasteiger partial charge in [0.15, 0.2) is 10.9 Å². The molecule has 0 spiro atoms. The third-order valence-corrected chi connectivity index (χ3v) is 3.70. The molecule has 3 aliphatic carbocycles. The number of nitrogens with one attached hydrogen (secondary N) is 2. The van der Waals surface area contributed by atoms with E-state index in [1.807, 2.05) is 0 Å². The molecule has 0 bridgehead atoms. The van der Waals surface area contributed by atoms with Gasteiger partial charge in [-0.05, 0) is 24.3 Å². The summed E-state index contributed by atoms with van der Waals surface area (Å²) in [6.45, 7) is 0. The Kier molecular flexibility index (Phi) is 2.88. The lowest BCUT2D eigenvalue weighted by Crippen LogP contribution is -2.37. The Morgan fingerprint density at radius 2 is 1.09 bits per heavy atom. The lowest BCUT2D eigenvalue weighted by molar-refractivity contribution is 0.539. The zero-order valence-corrected chi connectivity index (χ0v) is 11.2. The molecule has 0 radical (unpaired) electrons. The lowest BCUT2D eigenvalue weighted by atomic mass is 10.1. The number of aliphatic hydroxyl groups is 2. The molecule has 0 heterocycles. The van der Waals surface area contributed by atoms with Crippen LogP contribution in [0.5, 0.6) is 0 Å². The van der Waals surface area contributed by atoms with Gasteiger partial charge in [-0.15, -0.1) is 0 Å². The number of hydrogen-bond acceptors (Lipinski definition) is 6. The van der Waals surface area contributed by atoms with Crippen molar-refractivity contribution in [3.05, 3.63) is 86.7 Å². The van der Waals surface area contributed by atoms with Gasteiger partial charge >= 0.3 is 0 Å². The monoisotopic (exact) mass is 294 g/mol. The smallest absolute Gasteiger partial charge is 0.196 e. The first-order valence-electron chi connectivity index (χ1n) is 6.32. The van der Waals surface area contributed by atoms with E-state index in [0.29, 0.717) is 12.5 Å². The van der Waals surface area contributed by atoms with Crippen molar-refractivity contribution in [3.8, 4) is 0 Å². The average Bonchev–Trinajstić information content (AvgIpc) is 2.52. The van der Waals surface area contributed by atoms with E-state index in [9.17, 15) is 9.59 Å². The predicted molar refractivity (Wildman–Crippen MR) is 77.1 cm³/mol. The van der Waals surface area contributed by atoms with Gasteiger partial charge in [-0.25, -0.2) is 0 Å². The van der Waals surface area contributed by atoms with Gasteiger partial charge in [0.2, 0.25) is 0 Å². The molecule has 0 saturated heterocycles. The van der Waals surface area contributed by atoms with Gasteiger partial charge in [0.1, 0.15) is 0 Å². The summed E-state index contributed by atoms with van der Waals surface area (Å²) in [5.74, 6) is 0. The summed E-state index contributed by atoms with van der Waals surface area (Å²) >= 11 is 0. The van der Waals surface area contributed by atoms with Gasteiger partial charge in [-0.3, -0.25) is 20.4 Å². The molecule has 22 heavy (non-hydrogen) atoms. The topological polar surface area (TPSA) is 122 Å². The second kappa shape index (κ2) is 4.63. The molecule has 108 valence electrons. The van der Waals surface area contributed by atoms with E-state index in [0.717, 1.165) is 0 Å². The molecular weight excluding hydrogens is 284 g/mol. The number of rotatable bonds is 0. The second-order valence-corrected chi connectivity index (χ2v) is 4.82. The standard InChI is InChI=1S/C16H10N2O4/c17-13-7(5-19)1-3-9-11(13)16(22)10-4-2-8(6-20)14(18)12(10)15(9)21/h1-6,17-20H. The van der Waals surface area contributed by atoms with Crippen LogP contribution in [0, 0.1) is 31.7 Å². The molecule has 0 aliphatic heterocycles. The Morgan fingerprint density at radius 3 is 1.41 bits per heavy atom. The van der Waals surface area contributed by atoms with Gasteiger partial charge in [0, 0.05) is 20.9 Å². The van der Waals surface area contributed by atoms with E-state index in [-0.39, 0.29) is 42.0 Å². The first-order valence-corrected chi connectivity index (χ1v) is 6.32. The summed E-state index contributed by atoms with van der Waals surface area (Å²) in [6.07, 6.45) is 1.41. The van der Waals surface area contributed by atoms with Gasteiger partial charge in [0.25, 0.3) is 0 Å². The molecule has 0 amide bonds. The van der Waals surface area contributed by atoms with Crippen LogP contribution in [0.15, 0.2) is 33.9 Å². The molecule has 0 aromatic rings. The summed E-state index contributed by atoms with van der Waals surface area (Å²) in [6, 6.07) is 5.44. The molecule has 0 aromatic heterocycles. The number of hydrogen-bond donors (Lipinski definition) is 4. The summed E-state index contributed by atoms with van der Waals surface area (Å²) in [5, 5.41) is 33.8. The van der Waals surface area contributed by atoms with E-state index in [1.165, 1.54) is 24.3 Å². The molecule has 4 N–H and O–H groups in total. The Labute approximate surface area is 121 Å². The second-order valence-electron chi connectivity index (χ2n) is 4.82. The van der Waals surface area contributed by atoms with Crippen LogP contribution < -0.4 is 32.0 Å². The minimum Gasteiger partial charge on any atom is -0.515 e. The van der Waals surface area contributed by atoms with Crippen LogP contribution in [0.1, 0.15) is 0 Å². The minimum atomic E-state index is -0.545. The highest BCUT2D eigenvalue weighted by atomic mass is 16.2. The normalized spacial score (nSPS) is 13.3. The van der Waals surface area contributed by atoms with Crippen LogP contribution in [-0.2, 0) is 0 Å². The van der Waals surface area contributed by atoms with E-state index in [4.69, 9.17) is 21.0 Å². The zero-order chi connectivity index (χ0) is 16.0. The summed E-state index contributed by atoms with van der Waals surface area (Å²) in [4.78, 5) is 25.1. The summed E-state index contributed by atoms with van der Waals surface area (Å²) < 4.78 is 0. The fourth-order valence-electron chi connectivity index (χ4n) is 2.57. The van der Waals surface area contributed by atoms with Gasteiger partial charge in [-0.1, -0.05) is 0 Å². The number of aliphatic hydroxyl groups excluding tert-OH is 2. The van der Waals surface area contributed by atoms with Gasteiger partial charge in [0.05, 0.1) is 33.7 Å².